The number of rotatable bonds is 2. The topological polar surface area (TPSA) is 50.9 Å². The third-order valence-electron chi connectivity index (χ3n) is 2.68. The molecule has 3 N–H and O–H groups in total. The maximum Gasteiger partial charge on any atom is 0.133 e. The molecule has 0 aliphatic carbocycles. The van der Waals surface area contributed by atoms with Crippen molar-refractivity contribution >= 4 is 16.6 Å². The lowest BCUT2D eigenvalue weighted by Gasteiger charge is -2.09. The summed E-state index contributed by atoms with van der Waals surface area (Å²) in [5.41, 5.74) is 8.09. The summed E-state index contributed by atoms with van der Waals surface area (Å²) in [4.78, 5) is 4.28. The molecule has 0 atom stereocenters. The lowest BCUT2D eigenvalue weighted by atomic mass is 10.0. The van der Waals surface area contributed by atoms with E-state index in [1.54, 1.807) is 0 Å². The van der Waals surface area contributed by atoms with E-state index in [2.05, 4.69) is 29.4 Å². The summed E-state index contributed by atoms with van der Waals surface area (Å²) < 4.78 is 0. The second-order valence-electron chi connectivity index (χ2n) is 3.61. The molecule has 0 radical (unpaired) electrons. The monoisotopic (exact) mass is 201 g/mol. The number of nitrogens with two attached hydrogens (primary N) is 1. The Bertz CT molecular complexity index is 491. The Labute approximate surface area is 89.3 Å². The number of fused-ring (bicyclic) bond motifs is 1. The van der Waals surface area contributed by atoms with Crippen molar-refractivity contribution in [1.82, 2.24) is 4.98 Å². The number of aromatic nitrogens is 1. The third-order valence-corrected chi connectivity index (χ3v) is 2.68. The number of hydrogen-bond acceptors (Lipinski definition) is 3. The molecule has 78 valence electrons. The average molecular weight is 201 g/mol. The molecule has 0 spiro atoms. The lowest BCUT2D eigenvalue weighted by Crippen LogP contribution is -2.00. The SMILES string of the molecule is CNc1nccc2cc(CN)c(C)cc12. The van der Waals surface area contributed by atoms with E-state index in [-0.39, 0.29) is 0 Å². The first kappa shape index (κ1) is 9.93. The predicted molar refractivity (Wildman–Crippen MR) is 63.9 cm³/mol. The maximum absolute atomic E-state index is 5.68. The highest BCUT2D eigenvalue weighted by atomic mass is 14.9. The molecule has 0 saturated carbocycles. The van der Waals surface area contributed by atoms with Gasteiger partial charge in [0.1, 0.15) is 5.82 Å². The zero-order valence-electron chi connectivity index (χ0n) is 9.04. The van der Waals surface area contributed by atoms with Crippen molar-refractivity contribution in [3.63, 3.8) is 0 Å². The largest absolute Gasteiger partial charge is 0.373 e. The summed E-state index contributed by atoms with van der Waals surface area (Å²) in [6.45, 7) is 2.66. The van der Waals surface area contributed by atoms with Gasteiger partial charge in [-0.15, -0.1) is 0 Å². The van der Waals surface area contributed by atoms with Crippen LogP contribution in [0.25, 0.3) is 10.8 Å². The number of anilines is 1. The number of nitrogens with zero attached hydrogens (tertiary/aromatic N) is 1. The molecule has 0 unspecified atom stereocenters. The van der Waals surface area contributed by atoms with Crippen LogP contribution in [0.15, 0.2) is 24.4 Å². The first-order valence-corrected chi connectivity index (χ1v) is 5.02. The Morgan fingerprint density at radius 1 is 1.40 bits per heavy atom. The molecule has 3 heteroatoms. The molecule has 3 nitrogen and oxygen atoms in total. The molecule has 2 aromatic rings. The second-order valence-corrected chi connectivity index (χ2v) is 3.61. The van der Waals surface area contributed by atoms with Gasteiger partial charge in [-0.3, -0.25) is 0 Å². The van der Waals surface area contributed by atoms with Crippen molar-refractivity contribution in [3.8, 4) is 0 Å². The number of pyridine rings is 1. The molecule has 0 amide bonds. The quantitative estimate of drug-likeness (QED) is 0.781. The van der Waals surface area contributed by atoms with Gasteiger partial charge >= 0.3 is 0 Å². The summed E-state index contributed by atoms with van der Waals surface area (Å²) in [6.07, 6.45) is 1.81. The van der Waals surface area contributed by atoms with Crippen molar-refractivity contribution in [2.45, 2.75) is 13.5 Å². The molecule has 0 aliphatic rings. The van der Waals surface area contributed by atoms with Crippen molar-refractivity contribution in [1.29, 1.82) is 0 Å². The van der Waals surface area contributed by atoms with Gasteiger partial charge < -0.3 is 11.1 Å². The highest BCUT2D eigenvalue weighted by Gasteiger charge is 2.03. The fourth-order valence-electron chi connectivity index (χ4n) is 1.80. The summed E-state index contributed by atoms with van der Waals surface area (Å²) >= 11 is 0. The summed E-state index contributed by atoms with van der Waals surface area (Å²) in [7, 11) is 1.88. The molecule has 1 aromatic heterocycles. The normalized spacial score (nSPS) is 10.6. The Kier molecular flexibility index (Phi) is 2.56. The standard InChI is InChI=1S/C12H15N3/c1-8-5-11-9(6-10(8)7-13)3-4-15-12(11)14-2/h3-6H,7,13H2,1-2H3,(H,14,15). The zero-order valence-corrected chi connectivity index (χ0v) is 9.04. The Balaban J connectivity index is 2.74. The molecule has 15 heavy (non-hydrogen) atoms. The molecular weight excluding hydrogens is 186 g/mol. The predicted octanol–water partition coefficient (Wildman–Crippen LogP) is 2.04. The first-order valence-electron chi connectivity index (χ1n) is 5.02. The van der Waals surface area contributed by atoms with E-state index in [4.69, 9.17) is 5.73 Å². The molecule has 0 aliphatic heterocycles. The van der Waals surface area contributed by atoms with Crippen LogP contribution in [0, 0.1) is 6.92 Å². The second kappa shape index (κ2) is 3.87. The van der Waals surface area contributed by atoms with Gasteiger partial charge in [0.25, 0.3) is 0 Å². The van der Waals surface area contributed by atoms with E-state index in [1.165, 1.54) is 16.5 Å². The fourth-order valence-corrected chi connectivity index (χ4v) is 1.80. The maximum atomic E-state index is 5.68. The minimum Gasteiger partial charge on any atom is -0.373 e. The van der Waals surface area contributed by atoms with Crippen LogP contribution in [0.5, 0.6) is 0 Å². The Morgan fingerprint density at radius 2 is 2.20 bits per heavy atom. The van der Waals surface area contributed by atoms with Gasteiger partial charge in [-0.1, -0.05) is 0 Å². The molecule has 1 heterocycles. The number of nitrogens with one attached hydrogen (secondary N) is 1. The van der Waals surface area contributed by atoms with E-state index in [9.17, 15) is 0 Å². The van der Waals surface area contributed by atoms with E-state index in [0.717, 1.165) is 11.2 Å². The van der Waals surface area contributed by atoms with Crippen LogP contribution in [0.2, 0.25) is 0 Å². The van der Waals surface area contributed by atoms with Crippen LogP contribution in [0.1, 0.15) is 11.1 Å². The minimum atomic E-state index is 0.582. The van der Waals surface area contributed by atoms with Crippen molar-refractivity contribution in [3.05, 3.63) is 35.5 Å². The van der Waals surface area contributed by atoms with Gasteiger partial charge in [0.2, 0.25) is 0 Å². The van der Waals surface area contributed by atoms with Gasteiger partial charge in [0.15, 0.2) is 0 Å². The highest BCUT2D eigenvalue weighted by molar-refractivity contribution is 5.92. The van der Waals surface area contributed by atoms with Gasteiger partial charge in [-0.25, -0.2) is 4.98 Å². The van der Waals surface area contributed by atoms with Crippen molar-refractivity contribution in [2.75, 3.05) is 12.4 Å². The van der Waals surface area contributed by atoms with E-state index < -0.39 is 0 Å². The molecule has 0 fully saturated rings. The van der Waals surface area contributed by atoms with Crippen molar-refractivity contribution < 1.29 is 0 Å². The van der Waals surface area contributed by atoms with E-state index >= 15 is 0 Å². The van der Waals surface area contributed by atoms with Crippen LogP contribution in [-0.2, 0) is 6.54 Å². The Hall–Kier alpha value is -1.61. The van der Waals surface area contributed by atoms with Crippen LogP contribution >= 0.6 is 0 Å². The first-order chi connectivity index (χ1) is 7.26. The van der Waals surface area contributed by atoms with Crippen LogP contribution in [-0.4, -0.2) is 12.0 Å². The van der Waals surface area contributed by atoms with Gasteiger partial charge in [0.05, 0.1) is 0 Å². The number of benzene rings is 1. The number of aryl methyl sites for hydroxylation is 1. The highest BCUT2D eigenvalue weighted by Crippen LogP contribution is 2.24. The third kappa shape index (κ3) is 1.66. The molecular formula is C12H15N3. The van der Waals surface area contributed by atoms with Crippen LogP contribution < -0.4 is 11.1 Å². The molecule has 1 aromatic carbocycles. The average Bonchev–Trinajstić information content (AvgIpc) is 2.27. The van der Waals surface area contributed by atoms with Gasteiger partial charge in [-0.2, -0.15) is 0 Å². The summed E-state index contributed by atoms with van der Waals surface area (Å²) in [6, 6.07) is 6.28. The van der Waals surface area contributed by atoms with E-state index in [1.807, 2.05) is 19.3 Å². The zero-order chi connectivity index (χ0) is 10.8. The molecule has 0 bridgehead atoms. The molecule has 0 saturated heterocycles. The van der Waals surface area contributed by atoms with Crippen LogP contribution in [0.3, 0.4) is 0 Å². The summed E-state index contributed by atoms with van der Waals surface area (Å²) in [5.74, 6) is 0.916. The molecule has 2 rings (SSSR count). The Morgan fingerprint density at radius 3 is 2.87 bits per heavy atom. The smallest absolute Gasteiger partial charge is 0.133 e. The van der Waals surface area contributed by atoms with Crippen LogP contribution in [0.4, 0.5) is 5.82 Å². The van der Waals surface area contributed by atoms with Gasteiger partial charge in [-0.05, 0) is 41.6 Å². The lowest BCUT2D eigenvalue weighted by molar-refractivity contribution is 1.05. The van der Waals surface area contributed by atoms with Gasteiger partial charge in [0, 0.05) is 25.2 Å². The minimum absolute atomic E-state index is 0.582. The number of hydrogen-bond donors (Lipinski definition) is 2. The fraction of sp³-hybridized carbons (Fsp3) is 0.250. The van der Waals surface area contributed by atoms with E-state index in [0.29, 0.717) is 6.54 Å². The van der Waals surface area contributed by atoms with Crippen molar-refractivity contribution in [2.24, 2.45) is 5.73 Å². The summed E-state index contributed by atoms with van der Waals surface area (Å²) in [5, 5.41) is 5.42.